The van der Waals surface area contributed by atoms with E-state index in [0.29, 0.717) is 5.92 Å². The fourth-order valence-corrected chi connectivity index (χ4v) is 2.59. The van der Waals surface area contributed by atoms with Crippen molar-refractivity contribution in [2.75, 3.05) is 6.26 Å². The smallest absolute Gasteiger partial charge is 0.103 e. The van der Waals surface area contributed by atoms with Gasteiger partial charge in [-0.1, -0.05) is 13.8 Å². The highest BCUT2D eigenvalue weighted by atomic mass is 32.2. The molecule has 1 rings (SSSR count). The molecule has 1 aromatic heterocycles. The van der Waals surface area contributed by atoms with Gasteiger partial charge < -0.3 is 0 Å². The topological polar surface area (TPSA) is 12.9 Å². The Morgan fingerprint density at radius 1 is 1.67 bits per heavy atom. The first-order valence-electron chi connectivity index (χ1n) is 4.21. The average Bonchev–Trinajstić information content (AvgIpc) is 2.52. The van der Waals surface area contributed by atoms with E-state index in [1.807, 2.05) is 11.8 Å². The molecule has 1 aromatic rings. The maximum Gasteiger partial charge on any atom is 0.103 e. The van der Waals surface area contributed by atoms with Crippen LogP contribution in [0.5, 0.6) is 0 Å². The van der Waals surface area contributed by atoms with Crippen LogP contribution in [0.1, 0.15) is 36.9 Å². The fraction of sp³-hybridized carbons (Fsp3) is 0.667. The summed E-state index contributed by atoms with van der Waals surface area (Å²) >= 11 is 3.62. The van der Waals surface area contributed by atoms with Crippen LogP contribution >= 0.6 is 23.1 Å². The van der Waals surface area contributed by atoms with Gasteiger partial charge in [0.15, 0.2) is 0 Å². The summed E-state index contributed by atoms with van der Waals surface area (Å²) in [6, 6.07) is 0. The van der Waals surface area contributed by atoms with E-state index in [0.717, 1.165) is 5.75 Å². The second-order valence-electron chi connectivity index (χ2n) is 2.91. The van der Waals surface area contributed by atoms with Gasteiger partial charge in [0.05, 0.1) is 5.69 Å². The van der Waals surface area contributed by atoms with Crippen molar-refractivity contribution in [3.8, 4) is 0 Å². The van der Waals surface area contributed by atoms with Gasteiger partial charge in [-0.05, 0) is 18.6 Å². The molecule has 0 saturated heterocycles. The highest BCUT2D eigenvalue weighted by molar-refractivity contribution is 7.97. The van der Waals surface area contributed by atoms with Crippen molar-refractivity contribution in [2.45, 2.75) is 31.9 Å². The van der Waals surface area contributed by atoms with Gasteiger partial charge in [0.25, 0.3) is 0 Å². The van der Waals surface area contributed by atoms with Crippen molar-refractivity contribution in [2.24, 2.45) is 0 Å². The molecule has 0 radical (unpaired) electrons. The van der Waals surface area contributed by atoms with E-state index in [-0.39, 0.29) is 0 Å². The summed E-state index contributed by atoms with van der Waals surface area (Å²) in [5.74, 6) is 1.68. The van der Waals surface area contributed by atoms with Gasteiger partial charge >= 0.3 is 0 Å². The Bertz CT molecular complexity index is 232. The summed E-state index contributed by atoms with van der Waals surface area (Å²) in [5, 5.41) is 3.46. The van der Waals surface area contributed by atoms with Gasteiger partial charge in [-0.3, -0.25) is 0 Å². The normalized spacial score (nSPS) is 13.2. The number of nitrogens with zero attached hydrogens (tertiary/aromatic N) is 1. The fourth-order valence-electron chi connectivity index (χ4n) is 0.950. The van der Waals surface area contributed by atoms with Crippen LogP contribution in [-0.4, -0.2) is 11.2 Å². The standard InChI is InChI=1S/C9H15NS2/c1-4-7(2)8-5-12-9(10-8)6-11-3/h5,7H,4,6H2,1-3H3. The van der Waals surface area contributed by atoms with Crippen LogP contribution in [0.4, 0.5) is 0 Å². The monoisotopic (exact) mass is 201 g/mol. The molecule has 0 bridgehead atoms. The first-order valence-corrected chi connectivity index (χ1v) is 6.48. The van der Waals surface area contributed by atoms with Gasteiger partial charge in [-0.25, -0.2) is 4.98 Å². The van der Waals surface area contributed by atoms with Crippen LogP contribution in [0.3, 0.4) is 0 Å². The zero-order valence-corrected chi connectivity index (χ0v) is 9.47. The molecule has 0 amide bonds. The van der Waals surface area contributed by atoms with Crippen LogP contribution < -0.4 is 0 Å². The third kappa shape index (κ3) is 2.49. The predicted octanol–water partition coefficient (Wildman–Crippen LogP) is 3.52. The van der Waals surface area contributed by atoms with E-state index in [9.17, 15) is 0 Å². The molecular formula is C9H15NS2. The summed E-state index contributed by atoms with van der Waals surface area (Å²) in [6.07, 6.45) is 3.30. The maximum atomic E-state index is 4.57. The molecule has 0 spiro atoms. The molecule has 0 fully saturated rings. The summed E-state index contributed by atoms with van der Waals surface area (Å²) < 4.78 is 0. The predicted molar refractivity (Wildman–Crippen MR) is 58.0 cm³/mol. The first-order chi connectivity index (χ1) is 5.77. The van der Waals surface area contributed by atoms with Crippen LogP contribution in [0, 0.1) is 0 Å². The summed E-state index contributed by atoms with van der Waals surface area (Å²) in [4.78, 5) is 4.57. The second-order valence-corrected chi connectivity index (χ2v) is 4.72. The van der Waals surface area contributed by atoms with Gasteiger partial charge in [0.1, 0.15) is 5.01 Å². The summed E-state index contributed by atoms with van der Waals surface area (Å²) in [5.41, 5.74) is 1.27. The lowest BCUT2D eigenvalue weighted by Crippen LogP contribution is -1.91. The van der Waals surface area contributed by atoms with Crippen molar-refractivity contribution < 1.29 is 0 Å². The molecule has 0 aliphatic rings. The molecule has 3 heteroatoms. The van der Waals surface area contributed by atoms with E-state index < -0.39 is 0 Å². The van der Waals surface area contributed by atoms with Crippen molar-refractivity contribution >= 4 is 23.1 Å². The lowest BCUT2D eigenvalue weighted by molar-refractivity contribution is 0.711. The first kappa shape index (κ1) is 10.1. The Labute approximate surface area is 82.6 Å². The average molecular weight is 201 g/mol. The van der Waals surface area contributed by atoms with Gasteiger partial charge in [0, 0.05) is 11.1 Å². The molecule has 68 valence electrons. The second kappa shape index (κ2) is 4.87. The molecule has 0 aliphatic heterocycles. The van der Waals surface area contributed by atoms with Crippen molar-refractivity contribution in [3.05, 3.63) is 16.1 Å². The molecule has 0 saturated carbocycles. The highest BCUT2D eigenvalue weighted by Gasteiger charge is 2.07. The minimum absolute atomic E-state index is 0.622. The number of aromatic nitrogens is 1. The highest BCUT2D eigenvalue weighted by Crippen LogP contribution is 2.22. The van der Waals surface area contributed by atoms with Crippen LogP contribution in [0.2, 0.25) is 0 Å². The van der Waals surface area contributed by atoms with Crippen molar-refractivity contribution in [3.63, 3.8) is 0 Å². The number of hydrogen-bond donors (Lipinski definition) is 0. The van der Waals surface area contributed by atoms with E-state index in [1.54, 1.807) is 11.3 Å². The summed E-state index contributed by atoms with van der Waals surface area (Å²) in [7, 11) is 0. The van der Waals surface area contributed by atoms with E-state index in [2.05, 4.69) is 30.5 Å². The lowest BCUT2D eigenvalue weighted by Gasteiger charge is -2.02. The Hall–Kier alpha value is -0.0200. The minimum Gasteiger partial charge on any atom is -0.245 e. The third-order valence-corrected chi connectivity index (χ3v) is 3.57. The van der Waals surface area contributed by atoms with Crippen LogP contribution in [0.15, 0.2) is 5.38 Å². The molecule has 12 heavy (non-hydrogen) atoms. The van der Waals surface area contributed by atoms with E-state index >= 15 is 0 Å². The molecule has 1 nitrogen and oxygen atoms in total. The molecule has 0 aliphatic carbocycles. The number of thiazole rings is 1. The van der Waals surface area contributed by atoms with Crippen molar-refractivity contribution in [1.29, 1.82) is 0 Å². The summed E-state index contributed by atoms with van der Waals surface area (Å²) in [6.45, 7) is 4.44. The largest absolute Gasteiger partial charge is 0.245 e. The number of rotatable bonds is 4. The zero-order chi connectivity index (χ0) is 8.97. The van der Waals surface area contributed by atoms with E-state index in [4.69, 9.17) is 0 Å². The Kier molecular flexibility index (Phi) is 4.09. The Morgan fingerprint density at radius 2 is 2.42 bits per heavy atom. The van der Waals surface area contributed by atoms with Crippen LogP contribution in [0.25, 0.3) is 0 Å². The maximum absolute atomic E-state index is 4.57. The zero-order valence-electron chi connectivity index (χ0n) is 7.83. The number of hydrogen-bond acceptors (Lipinski definition) is 3. The van der Waals surface area contributed by atoms with Crippen LogP contribution in [-0.2, 0) is 5.75 Å². The van der Waals surface area contributed by atoms with Crippen molar-refractivity contribution in [1.82, 2.24) is 4.98 Å². The number of thioether (sulfide) groups is 1. The SMILES string of the molecule is CCC(C)c1csc(CSC)n1. The lowest BCUT2D eigenvalue weighted by atomic mass is 10.1. The minimum atomic E-state index is 0.622. The van der Waals surface area contributed by atoms with Gasteiger partial charge in [0.2, 0.25) is 0 Å². The van der Waals surface area contributed by atoms with Gasteiger partial charge in [-0.2, -0.15) is 11.8 Å². The molecule has 0 aromatic carbocycles. The third-order valence-electron chi connectivity index (χ3n) is 1.95. The quantitative estimate of drug-likeness (QED) is 0.739. The molecule has 1 atom stereocenters. The van der Waals surface area contributed by atoms with E-state index in [1.165, 1.54) is 17.1 Å². The molecule has 1 unspecified atom stereocenters. The molecule has 1 heterocycles. The molecular weight excluding hydrogens is 186 g/mol. The molecule has 0 N–H and O–H groups in total. The Morgan fingerprint density at radius 3 is 3.00 bits per heavy atom. The Balaban J connectivity index is 2.63. The van der Waals surface area contributed by atoms with Gasteiger partial charge in [-0.15, -0.1) is 11.3 Å².